The van der Waals surface area contributed by atoms with Gasteiger partial charge in [-0.25, -0.2) is 5.43 Å². The number of amides is 2. The van der Waals surface area contributed by atoms with E-state index in [4.69, 9.17) is 14.2 Å². The zero-order valence-electron chi connectivity index (χ0n) is 17.7. The summed E-state index contributed by atoms with van der Waals surface area (Å²) in [4.78, 5) is 24.1. The molecule has 8 heteroatoms. The first kappa shape index (κ1) is 22.7. The fourth-order valence-electron chi connectivity index (χ4n) is 2.61. The minimum absolute atomic E-state index is 0.0133. The first-order chi connectivity index (χ1) is 14.5. The maximum absolute atomic E-state index is 12.0. The number of nitrogens with zero attached hydrogens (tertiary/aromatic N) is 1. The van der Waals surface area contributed by atoms with Crippen molar-refractivity contribution in [2.45, 2.75) is 26.7 Å². The Labute approximate surface area is 176 Å². The van der Waals surface area contributed by atoms with Gasteiger partial charge < -0.3 is 19.5 Å². The highest BCUT2D eigenvalue weighted by atomic mass is 16.5. The molecule has 2 aromatic carbocycles. The van der Waals surface area contributed by atoms with E-state index in [0.29, 0.717) is 29.5 Å². The molecule has 0 spiro atoms. The number of hydrogen-bond acceptors (Lipinski definition) is 6. The molecular formula is C22H27N3O5. The maximum Gasteiger partial charge on any atom is 0.240 e. The monoisotopic (exact) mass is 413 g/mol. The van der Waals surface area contributed by atoms with Gasteiger partial charge in [-0.2, -0.15) is 5.10 Å². The van der Waals surface area contributed by atoms with Crippen LogP contribution < -0.4 is 25.0 Å². The molecule has 0 aliphatic carbocycles. The smallest absolute Gasteiger partial charge is 0.240 e. The second kappa shape index (κ2) is 11.5. The van der Waals surface area contributed by atoms with Crippen molar-refractivity contribution in [1.82, 2.24) is 5.43 Å². The van der Waals surface area contributed by atoms with Crippen LogP contribution >= 0.6 is 0 Å². The van der Waals surface area contributed by atoms with Crippen LogP contribution in [0.15, 0.2) is 47.6 Å². The van der Waals surface area contributed by atoms with E-state index in [-0.39, 0.29) is 24.7 Å². The number of carbonyl (C=O) groups excluding carboxylic acids is 2. The van der Waals surface area contributed by atoms with Crippen LogP contribution in [-0.4, -0.2) is 38.4 Å². The Hall–Kier alpha value is -3.55. The Balaban J connectivity index is 1.84. The molecular weight excluding hydrogens is 386 g/mol. The molecule has 2 aromatic rings. The summed E-state index contributed by atoms with van der Waals surface area (Å²) < 4.78 is 15.9. The van der Waals surface area contributed by atoms with Gasteiger partial charge in [-0.1, -0.05) is 0 Å². The third kappa shape index (κ3) is 6.80. The van der Waals surface area contributed by atoms with Crippen molar-refractivity contribution in [2.24, 2.45) is 5.10 Å². The van der Waals surface area contributed by atoms with Crippen LogP contribution in [0.25, 0.3) is 0 Å². The van der Waals surface area contributed by atoms with Gasteiger partial charge in [0.1, 0.15) is 17.2 Å². The molecule has 0 fully saturated rings. The number of carbonyl (C=O) groups is 2. The molecule has 0 heterocycles. The highest BCUT2D eigenvalue weighted by molar-refractivity contribution is 6.02. The summed E-state index contributed by atoms with van der Waals surface area (Å²) in [6.07, 6.45) is 0.0544. The Morgan fingerprint density at radius 3 is 2.23 bits per heavy atom. The molecule has 0 bridgehead atoms. The van der Waals surface area contributed by atoms with E-state index in [1.54, 1.807) is 63.6 Å². The van der Waals surface area contributed by atoms with Crippen LogP contribution in [0, 0.1) is 0 Å². The normalized spacial score (nSPS) is 10.9. The van der Waals surface area contributed by atoms with Crippen molar-refractivity contribution in [2.75, 3.05) is 26.1 Å². The van der Waals surface area contributed by atoms with Crippen molar-refractivity contribution in [1.29, 1.82) is 0 Å². The molecule has 2 N–H and O–H groups in total. The number of anilines is 1. The van der Waals surface area contributed by atoms with Gasteiger partial charge in [0.05, 0.1) is 26.5 Å². The molecule has 160 valence electrons. The number of nitrogens with one attached hydrogen (secondary N) is 2. The summed E-state index contributed by atoms with van der Waals surface area (Å²) in [7, 11) is 3.12. The molecule has 0 unspecified atom stereocenters. The Bertz CT molecular complexity index is 894. The van der Waals surface area contributed by atoms with E-state index in [0.717, 1.165) is 11.3 Å². The average molecular weight is 413 g/mol. The fraction of sp³-hybridized carbons (Fsp3) is 0.318. The third-order valence-electron chi connectivity index (χ3n) is 4.17. The highest BCUT2D eigenvalue weighted by Crippen LogP contribution is 2.25. The molecule has 0 radical (unpaired) electrons. The predicted molar refractivity (Wildman–Crippen MR) is 115 cm³/mol. The van der Waals surface area contributed by atoms with Crippen molar-refractivity contribution >= 4 is 23.2 Å². The molecule has 30 heavy (non-hydrogen) atoms. The third-order valence-corrected chi connectivity index (χ3v) is 4.17. The minimum Gasteiger partial charge on any atom is -0.497 e. The molecule has 0 aromatic heterocycles. The summed E-state index contributed by atoms with van der Waals surface area (Å²) in [6.45, 7) is 4.23. The second-order valence-corrected chi connectivity index (χ2v) is 6.30. The fourth-order valence-corrected chi connectivity index (χ4v) is 2.61. The van der Waals surface area contributed by atoms with E-state index < -0.39 is 0 Å². The van der Waals surface area contributed by atoms with E-state index in [1.807, 2.05) is 6.92 Å². The molecule has 2 rings (SSSR count). The van der Waals surface area contributed by atoms with Gasteiger partial charge in [0.2, 0.25) is 11.8 Å². The standard InChI is InChI=1S/C22H27N3O5/c1-5-30-17-8-6-16(7-9-17)23-21(26)12-13-22(27)25-24-15(2)19-11-10-18(28-3)14-20(19)29-4/h6-11,14H,5,12-13H2,1-4H3,(H,23,26)(H,25,27)/b24-15-. The predicted octanol–water partition coefficient (Wildman–Crippen LogP) is 3.36. The van der Waals surface area contributed by atoms with Gasteiger partial charge in [0, 0.05) is 30.2 Å². The molecule has 0 atom stereocenters. The zero-order chi connectivity index (χ0) is 21.9. The van der Waals surface area contributed by atoms with Crippen LogP contribution in [0.4, 0.5) is 5.69 Å². The number of benzene rings is 2. The molecule has 8 nitrogen and oxygen atoms in total. The first-order valence-electron chi connectivity index (χ1n) is 9.55. The number of rotatable bonds is 10. The highest BCUT2D eigenvalue weighted by Gasteiger charge is 2.10. The summed E-state index contributed by atoms with van der Waals surface area (Å²) >= 11 is 0. The second-order valence-electron chi connectivity index (χ2n) is 6.30. The molecule has 0 saturated carbocycles. The maximum atomic E-state index is 12.0. The van der Waals surface area contributed by atoms with Gasteiger partial charge in [-0.15, -0.1) is 0 Å². The van der Waals surface area contributed by atoms with Gasteiger partial charge in [-0.05, 0) is 50.2 Å². The quantitative estimate of drug-likeness (QED) is 0.460. The van der Waals surface area contributed by atoms with Crippen molar-refractivity contribution in [3.8, 4) is 17.2 Å². The minimum atomic E-state index is -0.358. The summed E-state index contributed by atoms with van der Waals surface area (Å²) in [5.74, 6) is 1.36. The molecule has 0 saturated heterocycles. The molecule has 0 aliphatic rings. The summed E-state index contributed by atoms with van der Waals surface area (Å²) in [5.41, 5.74) is 4.41. The van der Waals surface area contributed by atoms with Crippen LogP contribution in [0.1, 0.15) is 32.3 Å². The van der Waals surface area contributed by atoms with Crippen molar-refractivity contribution in [3.63, 3.8) is 0 Å². The van der Waals surface area contributed by atoms with Crippen LogP contribution in [0.5, 0.6) is 17.2 Å². The number of methoxy groups -OCH3 is 2. The lowest BCUT2D eigenvalue weighted by atomic mass is 10.1. The van der Waals surface area contributed by atoms with Crippen molar-refractivity contribution in [3.05, 3.63) is 48.0 Å². The number of hydrogen-bond donors (Lipinski definition) is 2. The van der Waals surface area contributed by atoms with Gasteiger partial charge >= 0.3 is 0 Å². The Morgan fingerprint density at radius 2 is 1.60 bits per heavy atom. The molecule has 0 aliphatic heterocycles. The van der Waals surface area contributed by atoms with Gasteiger partial charge in [0.25, 0.3) is 0 Å². The van der Waals surface area contributed by atoms with E-state index in [1.165, 1.54) is 0 Å². The van der Waals surface area contributed by atoms with Gasteiger partial charge in [-0.3, -0.25) is 9.59 Å². The van der Waals surface area contributed by atoms with Crippen molar-refractivity contribution < 1.29 is 23.8 Å². The topological polar surface area (TPSA) is 98.2 Å². The first-order valence-corrected chi connectivity index (χ1v) is 9.55. The lowest BCUT2D eigenvalue weighted by molar-refractivity contribution is -0.124. The van der Waals surface area contributed by atoms with E-state index >= 15 is 0 Å². The van der Waals surface area contributed by atoms with Crippen LogP contribution in [-0.2, 0) is 9.59 Å². The molecule has 2 amide bonds. The number of hydrazone groups is 1. The summed E-state index contributed by atoms with van der Waals surface area (Å²) in [5, 5.41) is 6.84. The largest absolute Gasteiger partial charge is 0.497 e. The Kier molecular flexibility index (Phi) is 8.68. The van der Waals surface area contributed by atoms with Crippen LogP contribution in [0.2, 0.25) is 0 Å². The van der Waals surface area contributed by atoms with Gasteiger partial charge in [0.15, 0.2) is 0 Å². The summed E-state index contributed by atoms with van der Waals surface area (Å²) in [6, 6.07) is 12.4. The van der Waals surface area contributed by atoms with Crippen LogP contribution in [0.3, 0.4) is 0 Å². The SMILES string of the molecule is CCOc1ccc(NC(=O)CCC(=O)N/N=C(/C)c2ccc(OC)cc2OC)cc1. The average Bonchev–Trinajstić information content (AvgIpc) is 2.77. The Morgan fingerprint density at radius 1 is 0.933 bits per heavy atom. The zero-order valence-corrected chi connectivity index (χ0v) is 17.7. The lowest BCUT2D eigenvalue weighted by Crippen LogP contribution is -2.21. The number of ether oxygens (including phenoxy) is 3. The van der Waals surface area contributed by atoms with E-state index in [9.17, 15) is 9.59 Å². The van der Waals surface area contributed by atoms with E-state index in [2.05, 4.69) is 15.8 Å². The lowest BCUT2D eigenvalue weighted by Gasteiger charge is -2.10.